The minimum atomic E-state index is -3.50. The molecule has 0 aliphatic heterocycles. The molecule has 0 saturated carbocycles. The third kappa shape index (κ3) is 3.64. The SMILES string of the molecule is N#CCc1ccc(S(=O)(=O)NCc2ccsc2)cc1. The first-order valence-electron chi connectivity index (χ1n) is 5.58. The lowest BCUT2D eigenvalue weighted by molar-refractivity contribution is 0.581. The quantitative estimate of drug-likeness (QED) is 0.919. The van der Waals surface area contributed by atoms with Crippen molar-refractivity contribution >= 4 is 21.4 Å². The maximum absolute atomic E-state index is 12.0. The molecule has 0 aliphatic carbocycles. The maximum atomic E-state index is 12.0. The fraction of sp³-hybridized carbons (Fsp3) is 0.154. The van der Waals surface area contributed by atoms with Crippen molar-refractivity contribution in [1.29, 1.82) is 5.26 Å². The molecule has 0 fully saturated rings. The second kappa shape index (κ2) is 5.97. The van der Waals surface area contributed by atoms with Crippen molar-refractivity contribution in [3.63, 3.8) is 0 Å². The molecule has 4 nitrogen and oxygen atoms in total. The van der Waals surface area contributed by atoms with Gasteiger partial charge in [-0.15, -0.1) is 0 Å². The second-order valence-electron chi connectivity index (χ2n) is 3.93. The topological polar surface area (TPSA) is 70.0 Å². The minimum Gasteiger partial charge on any atom is -0.207 e. The highest BCUT2D eigenvalue weighted by atomic mass is 32.2. The van der Waals surface area contributed by atoms with Gasteiger partial charge in [0.25, 0.3) is 0 Å². The van der Waals surface area contributed by atoms with Gasteiger partial charge < -0.3 is 0 Å². The molecule has 0 atom stereocenters. The molecule has 6 heteroatoms. The molecule has 2 rings (SSSR count). The Kier molecular flexibility index (Phi) is 4.32. The van der Waals surface area contributed by atoms with E-state index in [1.54, 1.807) is 12.1 Å². The molecule has 0 unspecified atom stereocenters. The molecule has 98 valence electrons. The lowest BCUT2D eigenvalue weighted by Gasteiger charge is -2.06. The molecule has 0 radical (unpaired) electrons. The van der Waals surface area contributed by atoms with Gasteiger partial charge >= 0.3 is 0 Å². The van der Waals surface area contributed by atoms with E-state index in [2.05, 4.69) is 4.72 Å². The van der Waals surface area contributed by atoms with Crippen LogP contribution in [0.2, 0.25) is 0 Å². The Morgan fingerprint density at radius 1 is 1.16 bits per heavy atom. The van der Waals surface area contributed by atoms with E-state index in [0.29, 0.717) is 0 Å². The summed E-state index contributed by atoms with van der Waals surface area (Å²) in [5.41, 5.74) is 1.74. The van der Waals surface area contributed by atoms with Gasteiger partial charge in [-0.1, -0.05) is 12.1 Å². The van der Waals surface area contributed by atoms with Crippen molar-refractivity contribution in [2.75, 3.05) is 0 Å². The highest BCUT2D eigenvalue weighted by Gasteiger charge is 2.13. The fourth-order valence-electron chi connectivity index (χ4n) is 1.53. The maximum Gasteiger partial charge on any atom is 0.240 e. The summed E-state index contributed by atoms with van der Waals surface area (Å²) in [5.74, 6) is 0. The van der Waals surface area contributed by atoms with Gasteiger partial charge in [0.1, 0.15) is 0 Å². The third-order valence-electron chi connectivity index (χ3n) is 2.56. The Hall–Kier alpha value is -1.68. The third-order valence-corrected chi connectivity index (χ3v) is 4.71. The van der Waals surface area contributed by atoms with Gasteiger partial charge in [-0.3, -0.25) is 0 Å². The molecule has 1 aromatic carbocycles. The number of hydrogen-bond donors (Lipinski definition) is 1. The van der Waals surface area contributed by atoms with Crippen LogP contribution < -0.4 is 4.72 Å². The molecule has 0 spiro atoms. The highest BCUT2D eigenvalue weighted by Crippen LogP contribution is 2.12. The first-order valence-corrected chi connectivity index (χ1v) is 8.01. The molecule has 0 amide bonds. The van der Waals surface area contributed by atoms with E-state index in [4.69, 9.17) is 5.26 Å². The van der Waals surface area contributed by atoms with Gasteiger partial charge in [0.2, 0.25) is 10.0 Å². The number of nitrogens with one attached hydrogen (secondary N) is 1. The Bertz CT molecular complexity index is 668. The van der Waals surface area contributed by atoms with Crippen molar-refractivity contribution in [2.24, 2.45) is 0 Å². The normalized spacial score (nSPS) is 11.1. The average molecular weight is 292 g/mol. The van der Waals surface area contributed by atoms with Crippen LogP contribution in [0.3, 0.4) is 0 Å². The molecule has 0 bridgehead atoms. The summed E-state index contributed by atoms with van der Waals surface area (Å²) < 4.78 is 26.6. The fourth-order valence-corrected chi connectivity index (χ4v) is 3.22. The largest absolute Gasteiger partial charge is 0.240 e. The second-order valence-corrected chi connectivity index (χ2v) is 6.48. The first kappa shape index (κ1) is 13.7. The minimum absolute atomic E-state index is 0.212. The molecular weight excluding hydrogens is 280 g/mol. The van der Waals surface area contributed by atoms with E-state index in [9.17, 15) is 8.42 Å². The lowest BCUT2D eigenvalue weighted by Crippen LogP contribution is -2.22. The van der Waals surface area contributed by atoms with Gasteiger partial charge in [-0.25, -0.2) is 13.1 Å². The summed E-state index contributed by atoms with van der Waals surface area (Å²) in [6.45, 7) is 0.284. The summed E-state index contributed by atoms with van der Waals surface area (Å²) in [6.07, 6.45) is 0.280. The molecule has 1 aromatic heterocycles. The van der Waals surface area contributed by atoms with Gasteiger partial charge in [-0.05, 0) is 40.1 Å². The Morgan fingerprint density at radius 2 is 1.89 bits per heavy atom. The van der Waals surface area contributed by atoms with Crippen LogP contribution in [0, 0.1) is 11.3 Å². The van der Waals surface area contributed by atoms with E-state index in [-0.39, 0.29) is 17.9 Å². The van der Waals surface area contributed by atoms with Crippen LogP contribution in [0.1, 0.15) is 11.1 Å². The zero-order chi connectivity index (χ0) is 13.7. The number of rotatable bonds is 5. The number of nitrogens with zero attached hydrogens (tertiary/aromatic N) is 1. The van der Waals surface area contributed by atoms with Crippen LogP contribution >= 0.6 is 11.3 Å². The molecule has 0 aliphatic rings. The summed E-state index contributed by atoms with van der Waals surface area (Å²) in [6, 6.07) is 10.2. The zero-order valence-corrected chi connectivity index (χ0v) is 11.7. The Morgan fingerprint density at radius 3 is 2.47 bits per heavy atom. The average Bonchev–Trinajstić information content (AvgIpc) is 2.91. The summed E-state index contributed by atoms with van der Waals surface area (Å²) in [5, 5.41) is 12.4. The molecule has 1 heterocycles. The van der Waals surface area contributed by atoms with Gasteiger partial charge in [0.05, 0.1) is 17.4 Å². The van der Waals surface area contributed by atoms with Crippen molar-refractivity contribution < 1.29 is 8.42 Å². The van der Waals surface area contributed by atoms with Crippen LogP contribution in [0.25, 0.3) is 0 Å². The lowest BCUT2D eigenvalue weighted by atomic mass is 10.2. The van der Waals surface area contributed by atoms with Crippen molar-refractivity contribution in [3.05, 3.63) is 52.2 Å². The van der Waals surface area contributed by atoms with Crippen LogP contribution in [0.5, 0.6) is 0 Å². The number of sulfonamides is 1. The Balaban J connectivity index is 2.09. The zero-order valence-electron chi connectivity index (χ0n) is 10.0. The number of thiophene rings is 1. The van der Waals surface area contributed by atoms with Crippen LogP contribution in [0.4, 0.5) is 0 Å². The molecular formula is C13H12N2O2S2. The Labute approximate surface area is 116 Å². The van der Waals surface area contributed by atoms with Gasteiger partial charge in [0.15, 0.2) is 0 Å². The predicted molar refractivity (Wildman–Crippen MR) is 74.1 cm³/mol. The van der Waals surface area contributed by atoms with Crippen molar-refractivity contribution in [2.45, 2.75) is 17.9 Å². The van der Waals surface area contributed by atoms with E-state index >= 15 is 0 Å². The van der Waals surface area contributed by atoms with Crippen LogP contribution in [-0.4, -0.2) is 8.42 Å². The van der Waals surface area contributed by atoms with Crippen LogP contribution in [0.15, 0.2) is 46.0 Å². The number of hydrogen-bond acceptors (Lipinski definition) is 4. The summed E-state index contributed by atoms with van der Waals surface area (Å²) in [7, 11) is -3.50. The predicted octanol–water partition coefficient (Wildman–Crippen LogP) is 2.29. The van der Waals surface area contributed by atoms with Gasteiger partial charge in [0, 0.05) is 6.54 Å². The van der Waals surface area contributed by atoms with Crippen molar-refractivity contribution in [3.8, 4) is 6.07 Å². The molecule has 0 saturated heterocycles. The standard InChI is InChI=1S/C13H12N2O2S2/c14-7-5-11-1-3-13(4-2-11)19(16,17)15-9-12-6-8-18-10-12/h1-4,6,8,10,15H,5,9H2. The molecule has 19 heavy (non-hydrogen) atoms. The van der Waals surface area contributed by atoms with E-state index in [1.165, 1.54) is 23.5 Å². The summed E-state index contributed by atoms with van der Waals surface area (Å²) >= 11 is 1.53. The summed E-state index contributed by atoms with van der Waals surface area (Å²) in [4.78, 5) is 0.212. The first-order chi connectivity index (χ1) is 9.12. The number of nitriles is 1. The monoisotopic (exact) mass is 292 g/mol. The molecule has 2 aromatic rings. The van der Waals surface area contributed by atoms with Crippen molar-refractivity contribution in [1.82, 2.24) is 4.72 Å². The van der Waals surface area contributed by atoms with E-state index < -0.39 is 10.0 Å². The van der Waals surface area contributed by atoms with E-state index in [0.717, 1.165) is 11.1 Å². The van der Waals surface area contributed by atoms with E-state index in [1.807, 2.05) is 22.9 Å². The number of benzene rings is 1. The van der Waals surface area contributed by atoms with Crippen LogP contribution in [-0.2, 0) is 23.0 Å². The van der Waals surface area contributed by atoms with Gasteiger partial charge in [-0.2, -0.15) is 16.6 Å². The molecule has 1 N–H and O–H groups in total. The smallest absolute Gasteiger partial charge is 0.207 e. The highest BCUT2D eigenvalue weighted by molar-refractivity contribution is 7.89.